The molecular weight excluding hydrogens is 232 g/mol. The molecule has 0 aromatic heterocycles. The van der Waals surface area contributed by atoms with Crippen molar-refractivity contribution < 1.29 is 34.6 Å². The highest BCUT2D eigenvalue weighted by Crippen LogP contribution is 2.28. The lowest BCUT2D eigenvalue weighted by Gasteiger charge is -2.23. The van der Waals surface area contributed by atoms with E-state index in [2.05, 4.69) is 0 Å². The summed E-state index contributed by atoms with van der Waals surface area (Å²) in [4.78, 5) is 0. The molecule has 7 nitrogen and oxygen atoms in total. The Hall–Kier alpha value is -0.280. The third-order valence-electron chi connectivity index (χ3n) is 3.20. The van der Waals surface area contributed by atoms with Crippen molar-refractivity contribution in [1.29, 1.82) is 0 Å². The van der Waals surface area contributed by atoms with Gasteiger partial charge in [0.15, 0.2) is 12.6 Å². The third-order valence-corrected chi connectivity index (χ3v) is 3.20. The van der Waals surface area contributed by atoms with E-state index in [9.17, 15) is 20.4 Å². The molecule has 2 rings (SSSR count). The van der Waals surface area contributed by atoms with Crippen molar-refractivity contribution in [3.05, 3.63) is 0 Å². The Morgan fingerprint density at radius 1 is 0.824 bits per heavy atom. The molecule has 0 amide bonds. The summed E-state index contributed by atoms with van der Waals surface area (Å²) in [5, 5.41) is 38.3. The van der Waals surface area contributed by atoms with Gasteiger partial charge < -0.3 is 34.6 Å². The van der Waals surface area contributed by atoms with Crippen molar-refractivity contribution in [2.24, 2.45) is 0 Å². The molecule has 8 atom stereocenters. The summed E-state index contributed by atoms with van der Waals surface area (Å²) in [5.41, 5.74) is 0. The van der Waals surface area contributed by atoms with Gasteiger partial charge in [0, 0.05) is 0 Å². The number of ether oxygens (including phenoxy) is 3. The minimum atomic E-state index is -1.27. The van der Waals surface area contributed by atoms with Gasteiger partial charge in [0.1, 0.15) is 24.4 Å². The maximum atomic E-state index is 9.70. The lowest BCUT2D eigenvalue weighted by atomic mass is 10.1. The van der Waals surface area contributed by atoms with Gasteiger partial charge in [-0.3, -0.25) is 0 Å². The average molecular weight is 250 g/mol. The van der Waals surface area contributed by atoms with E-state index in [1.54, 1.807) is 13.8 Å². The van der Waals surface area contributed by atoms with Crippen LogP contribution in [0.5, 0.6) is 0 Å². The number of hydrogen-bond acceptors (Lipinski definition) is 7. The Labute approximate surface area is 98.5 Å². The zero-order chi connectivity index (χ0) is 12.7. The molecule has 0 unspecified atom stereocenters. The van der Waals surface area contributed by atoms with Crippen molar-refractivity contribution >= 4 is 0 Å². The number of aliphatic hydroxyl groups excluding tert-OH is 4. The second-order valence-electron chi connectivity index (χ2n) is 4.51. The number of rotatable bonds is 2. The molecule has 17 heavy (non-hydrogen) atoms. The molecule has 0 aromatic carbocycles. The monoisotopic (exact) mass is 250 g/mol. The molecule has 2 aliphatic rings. The van der Waals surface area contributed by atoms with E-state index in [0.29, 0.717) is 0 Å². The summed E-state index contributed by atoms with van der Waals surface area (Å²) < 4.78 is 15.4. The molecule has 7 heteroatoms. The Morgan fingerprint density at radius 2 is 1.41 bits per heavy atom. The highest BCUT2D eigenvalue weighted by atomic mass is 16.7. The van der Waals surface area contributed by atoms with Crippen molar-refractivity contribution in [3.63, 3.8) is 0 Å². The van der Waals surface area contributed by atoms with Crippen LogP contribution in [-0.4, -0.2) is 69.6 Å². The van der Waals surface area contributed by atoms with E-state index < -0.39 is 49.2 Å². The molecule has 0 aromatic rings. The van der Waals surface area contributed by atoms with Crippen molar-refractivity contribution in [2.45, 2.75) is 63.1 Å². The van der Waals surface area contributed by atoms with Crippen LogP contribution in [0.3, 0.4) is 0 Å². The Bertz CT molecular complexity index is 273. The molecule has 2 fully saturated rings. The fourth-order valence-corrected chi connectivity index (χ4v) is 2.04. The Morgan fingerprint density at radius 3 is 1.82 bits per heavy atom. The van der Waals surface area contributed by atoms with Crippen LogP contribution in [0.2, 0.25) is 0 Å². The van der Waals surface area contributed by atoms with Crippen LogP contribution in [0.15, 0.2) is 0 Å². The molecule has 0 spiro atoms. The van der Waals surface area contributed by atoms with Crippen LogP contribution >= 0.6 is 0 Å². The smallest absolute Gasteiger partial charge is 0.187 e. The Balaban J connectivity index is 1.98. The lowest BCUT2D eigenvalue weighted by Crippen LogP contribution is -2.42. The predicted molar refractivity (Wildman–Crippen MR) is 53.8 cm³/mol. The van der Waals surface area contributed by atoms with Gasteiger partial charge in [-0.2, -0.15) is 0 Å². The first-order valence-electron chi connectivity index (χ1n) is 5.60. The predicted octanol–water partition coefficient (Wildman–Crippen LogP) is -2.06. The van der Waals surface area contributed by atoms with Gasteiger partial charge in [-0.05, 0) is 13.8 Å². The third kappa shape index (κ3) is 2.32. The molecular formula is C10H18O7. The lowest BCUT2D eigenvalue weighted by molar-refractivity contribution is -0.233. The molecule has 0 aliphatic carbocycles. The summed E-state index contributed by atoms with van der Waals surface area (Å²) in [6.45, 7) is 3.19. The van der Waals surface area contributed by atoms with E-state index in [1.807, 2.05) is 0 Å². The first kappa shape index (κ1) is 13.2. The standard InChI is InChI=1S/C10H18O7/c1-3-5(11)7(13)10(16-3)17-8-6(12)4(2)15-9(8)14/h3-14H,1-2H3/t3-,4-,5-,6-,7+,8+,9+,10-/m0/s1. The first-order chi connectivity index (χ1) is 7.91. The van der Waals surface area contributed by atoms with Crippen LogP contribution < -0.4 is 0 Å². The minimum Gasteiger partial charge on any atom is -0.388 e. The van der Waals surface area contributed by atoms with Gasteiger partial charge in [-0.25, -0.2) is 0 Å². The molecule has 2 saturated heterocycles. The quantitative estimate of drug-likeness (QED) is 0.446. The first-order valence-corrected chi connectivity index (χ1v) is 5.60. The second kappa shape index (κ2) is 4.77. The highest BCUT2D eigenvalue weighted by Gasteiger charge is 2.48. The van der Waals surface area contributed by atoms with Crippen LogP contribution in [0, 0.1) is 0 Å². The van der Waals surface area contributed by atoms with Crippen molar-refractivity contribution in [3.8, 4) is 0 Å². The topological polar surface area (TPSA) is 109 Å². The molecule has 0 radical (unpaired) electrons. The molecule has 2 aliphatic heterocycles. The normalized spacial score (nSPS) is 55.4. The molecule has 0 saturated carbocycles. The highest BCUT2D eigenvalue weighted by molar-refractivity contribution is 4.89. The van der Waals surface area contributed by atoms with E-state index >= 15 is 0 Å². The summed E-state index contributed by atoms with van der Waals surface area (Å²) in [6, 6.07) is 0. The van der Waals surface area contributed by atoms with E-state index in [0.717, 1.165) is 0 Å². The largest absolute Gasteiger partial charge is 0.388 e. The Kier molecular flexibility index (Phi) is 3.69. The zero-order valence-corrected chi connectivity index (χ0v) is 9.63. The fraction of sp³-hybridized carbons (Fsp3) is 1.00. The molecule has 4 N–H and O–H groups in total. The van der Waals surface area contributed by atoms with Gasteiger partial charge in [0.2, 0.25) is 0 Å². The van der Waals surface area contributed by atoms with Gasteiger partial charge in [-0.1, -0.05) is 0 Å². The van der Waals surface area contributed by atoms with Crippen LogP contribution in [-0.2, 0) is 14.2 Å². The van der Waals surface area contributed by atoms with Gasteiger partial charge in [-0.15, -0.1) is 0 Å². The van der Waals surface area contributed by atoms with Crippen LogP contribution in [0.1, 0.15) is 13.8 Å². The van der Waals surface area contributed by atoms with Crippen molar-refractivity contribution in [2.75, 3.05) is 0 Å². The fourth-order valence-electron chi connectivity index (χ4n) is 2.04. The average Bonchev–Trinajstić information content (AvgIpc) is 2.65. The number of aliphatic hydroxyl groups is 4. The molecule has 2 heterocycles. The number of hydrogen-bond donors (Lipinski definition) is 4. The SMILES string of the molecule is C[C@@H]1O[C@@H](O[C@@H]2[C@@H](O)[C@H](C)O[C@H]2O)[C@H](O)[C@H]1O. The molecule has 100 valence electrons. The van der Waals surface area contributed by atoms with Gasteiger partial charge >= 0.3 is 0 Å². The minimum absolute atomic E-state index is 0.559. The van der Waals surface area contributed by atoms with E-state index in [4.69, 9.17) is 14.2 Å². The van der Waals surface area contributed by atoms with E-state index in [-0.39, 0.29) is 0 Å². The summed E-state index contributed by atoms with van der Waals surface area (Å²) in [6.07, 6.45) is -7.74. The van der Waals surface area contributed by atoms with Crippen LogP contribution in [0.4, 0.5) is 0 Å². The second-order valence-corrected chi connectivity index (χ2v) is 4.51. The zero-order valence-electron chi connectivity index (χ0n) is 9.63. The summed E-state index contributed by atoms with van der Waals surface area (Å²) in [5.74, 6) is 0. The van der Waals surface area contributed by atoms with Gasteiger partial charge in [0.05, 0.1) is 12.2 Å². The maximum Gasteiger partial charge on any atom is 0.187 e. The van der Waals surface area contributed by atoms with Crippen LogP contribution in [0.25, 0.3) is 0 Å². The van der Waals surface area contributed by atoms with E-state index in [1.165, 1.54) is 0 Å². The summed E-state index contributed by atoms with van der Waals surface area (Å²) in [7, 11) is 0. The molecule has 0 bridgehead atoms. The van der Waals surface area contributed by atoms with Crippen molar-refractivity contribution in [1.82, 2.24) is 0 Å². The summed E-state index contributed by atoms with van der Waals surface area (Å²) >= 11 is 0. The maximum absolute atomic E-state index is 9.70. The van der Waals surface area contributed by atoms with Gasteiger partial charge in [0.25, 0.3) is 0 Å².